The van der Waals surface area contributed by atoms with Gasteiger partial charge in [0.25, 0.3) is 11.8 Å². The lowest BCUT2D eigenvalue weighted by Crippen LogP contribution is -2.26. The van der Waals surface area contributed by atoms with Gasteiger partial charge in [0.2, 0.25) is 0 Å². The minimum atomic E-state index is -0.183. The van der Waals surface area contributed by atoms with Crippen molar-refractivity contribution in [3.8, 4) is 0 Å². The zero-order chi connectivity index (χ0) is 17.4. The molecule has 0 saturated heterocycles. The van der Waals surface area contributed by atoms with E-state index in [9.17, 15) is 9.59 Å². The monoisotopic (exact) mass is 370 g/mol. The standard InChI is InChI=1S/C19H15ClN2O2S/c20-13-3-1-2-11(8-13)9-17-19(24)22-15-10-12(4-7-16(15)25-17)18(23)21-14-5-6-14/h1-4,7-10,14H,5-6H2,(H,21,23)(H,22,24)/b17-9+. The number of benzene rings is 2. The van der Waals surface area contributed by atoms with E-state index in [2.05, 4.69) is 10.6 Å². The molecule has 1 fully saturated rings. The van der Waals surface area contributed by atoms with Crippen LogP contribution in [0.3, 0.4) is 0 Å². The number of fused-ring (bicyclic) bond motifs is 1. The van der Waals surface area contributed by atoms with Gasteiger partial charge in [-0.1, -0.05) is 35.5 Å². The number of nitrogens with one attached hydrogen (secondary N) is 2. The summed E-state index contributed by atoms with van der Waals surface area (Å²) in [6.45, 7) is 0. The number of amides is 2. The third-order valence-corrected chi connectivity index (χ3v) is 5.33. The van der Waals surface area contributed by atoms with Crippen molar-refractivity contribution in [3.63, 3.8) is 0 Å². The van der Waals surface area contributed by atoms with Crippen molar-refractivity contribution in [1.29, 1.82) is 0 Å². The highest BCUT2D eigenvalue weighted by atomic mass is 35.5. The first-order valence-electron chi connectivity index (χ1n) is 8.00. The number of hydrogen-bond donors (Lipinski definition) is 2. The summed E-state index contributed by atoms with van der Waals surface area (Å²) < 4.78 is 0. The number of thioether (sulfide) groups is 1. The first-order valence-corrected chi connectivity index (χ1v) is 9.19. The molecule has 1 heterocycles. The molecule has 6 heteroatoms. The van der Waals surface area contributed by atoms with Gasteiger partial charge in [-0.25, -0.2) is 0 Å². The maximum atomic E-state index is 12.4. The van der Waals surface area contributed by atoms with Gasteiger partial charge in [-0.15, -0.1) is 0 Å². The largest absolute Gasteiger partial charge is 0.349 e. The molecular weight excluding hydrogens is 356 g/mol. The molecule has 0 aromatic heterocycles. The van der Waals surface area contributed by atoms with Gasteiger partial charge in [0.1, 0.15) is 0 Å². The highest BCUT2D eigenvalue weighted by Crippen LogP contribution is 2.39. The van der Waals surface area contributed by atoms with Gasteiger partial charge in [0.05, 0.1) is 10.6 Å². The first kappa shape index (κ1) is 16.2. The number of hydrogen-bond acceptors (Lipinski definition) is 3. The van der Waals surface area contributed by atoms with Crippen LogP contribution in [0.4, 0.5) is 5.69 Å². The van der Waals surface area contributed by atoms with E-state index in [1.54, 1.807) is 18.2 Å². The summed E-state index contributed by atoms with van der Waals surface area (Å²) in [4.78, 5) is 26.0. The molecule has 4 rings (SSSR count). The molecule has 0 unspecified atom stereocenters. The van der Waals surface area contributed by atoms with E-state index in [1.165, 1.54) is 11.8 Å². The molecule has 2 aromatic rings. The molecule has 1 aliphatic heterocycles. The maximum absolute atomic E-state index is 12.4. The Kier molecular flexibility index (Phi) is 4.27. The van der Waals surface area contributed by atoms with Crippen LogP contribution in [0, 0.1) is 0 Å². The van der Waals surface area contributed by atoms with Crippen LogP contribution in [0.15, 0.2) is 52.3 Å². The second-order valence-electron chi connectivity index (χ2n) is 6.08. The van der Waals surface area contributed by atoms with Gasteiger partial charge in [0, 0.05) is 21.5 Å². The molecule has 25 heavy (non-hydrogen) atoms. The average Bonchev–Trinajstić information content (AvgIpc) is 3.39. The van der Waals surface area contributed by atoms with Gasteiger partial charge in [-0.2, -0.15) is 0 Å². The van der Waals surface area contributed by atoms with Gasteiger partial charge in [-0.3, -0.25) is 9.59 Å². The lowest BCUT2D eigenvalue weighted by atomic mass is 10.1. The van der Waals surface area contributed by atoms with Crippen molar-refractivity contribution in [3.05, 3.63) is 63.5 Å². The molecule has 2 aliphatic rings. The fraction of sp³-hybridized carbons (Fsp3) is 0.158. The molecule has 1 aliphatic carbocycles. The van der Waals surface area contributed by atoms with Crippen molar-refractivity contribution in [2.75, 3.05) is 5.32 Å². The van der Waals surface area contributed by atoms with E-state index < -0.39 is 0 Å². The zero-order valence-electron chi connectivity index (χ0n) is 13.2. The van der Waals surface area contributed by atoms with Crippen LogP contribution in [-0.2, 0) is 4.79 Å². The Morgan fingerprint density at radius 3 is 2.84 bits per heavy atom. The van der Waals surface area contributed by atoms with E-state index in [4.69, 9.17) is 11.6 Å². The molecule has 0 radical (unpaired) electrons. The highest BCUT2D eigenvalue weighted by molar-refractivity contribution is 8.04. The summed E-state index contributed by atoms with van der Waals surface area (Å²) in [6, 6.07) is 13.0. The lowest BCUT2D eigenvalue weighted by molar-refractivity contribution is -0.112. The summed E-state index contributed by atoms with van der Waals surface area (Å²) in [6.07, 6.45) is 3.89. The van der Waals surface area contributed by atoms with E-state index in [0.29, 0.717) is 27.2 Å². The van der Waals surface area contributed by atoms with Crippen LogP contribution in [0.2, 0.25) is 5.02 Å². The highest BCUT2D eigenvalue weighted by Gasteiger charge is 2.25. The van der Waals surface area contributed by atoms with E-state index in [1.807, 2.05) is 30.3 Å². The minimum Gasteiger partial charge on any atom is -0.349 e. The van der Waals surface area contributed by atoms with Crippen LogP contribution in [0.25, 0.3) is 6.08 Å². The maximum Gasteiger partial charge on any atom is 0.262 e. The Labute approximate surface area is 154 Å². The number of halogens is 1. The molecule has 2 aromatic carbocycles. The zero-order valence-corrected chi connectivity index (χ0v) is 14.8. The fourth-order valence-electron chi connectivity index (χ4n) is 2.55. The second kappa shape index (κ2) is 6.58. The summed E-state index contributed by atoms with van der Waals surface area (Å²) in [5, 5.41) is 6.45. The fourth-order valence-corrected chi connectivity index (χ4v) is 3.68. The van der Waals surface area contributed by atoms with Crippen molar-refractivity contribution in [2.24, 2.45) is 0 Å². The van der Waals surface area contributed by atoms with Gasteiger partial charge < -0.3 is 10.6 Å². The predicted octanol–water partition coefficient (Wildman–Crippen LogP) is 4.32. The van der Waals surface area contributed by atoms with E-state index in [-0.39, 0.29) is 11.8 Å². The third kappa shape index (κ3) is 3.72. The third-order valence-electron chi connectivity index (χ3n) is 3.99. The van der Waals surface area contributed by atoms with Gasteiger partial charge in [-0.05, 0) is 54.8 Å². The smallest absolute Gasteiger partial charge is 0.262 e. The molecule has 2 N–H and O–H groups in total. The summed E-state index contributed by atoms with van der Waals surface area (Å²) >= 11 is 7.38. The van der Waals surface area contributed by atoms with Crippen LogP contribution < -0.4 is 10.6 Å². The van der Waals surface area contributed by atoms with Crippen molar-refractivity contribution < 1.29 is 9.59 Å². The molecular formula is C19H15ClN2O2S. The number of rotatable bonds is 3. The Balaban J connectivity index is 1.58. The molecule has 1 saturated carbocycles. The molecule has 126 valence electrons. The van der Waals surface area contributed by atoms with Crippen LogP contribution in [0.1, 0.15) is 28.8 Å². The number of carbonyl (C=O) groups excluding carboxylic acids is 2. The molecule has 0 atom stereocenters. The Morgan fingerprint density at radius 1 is 1.24 bits per heavy atom. The summed E-state index contributed by atoms with van der Waals surface area (Å²) in [5.74, 6) is -0.276. The SMILES string of the molecule is O=C1Nc2cc(C(=O)NC3CC3)ccc2S/C1=C/c1cccc(Cl)c1. The van der Waals surface area contributed by atoms with Gasteiger partial charge >= 0.3 is 0 Å². The predicted molar refractivity (Wildman–Crippen MR) is 101 cm³/mol. The van der Waals surface area contributed by atoms with Crippen molar-refractivity contribution >= 4 is 46.9 Å². The van der Waals surface area contributed by atoms with Crippen LogP contribution in [0.5, 0.6) is 0 Å². The molecule has 4 nitrogen and oxygen atoms in total. The Hall–Kier alpha value is -2.24. The van der Waals surface area contributed by atoms with Crippen molar-refractivity contribution in [1.82, 2.24) is 5.32 Å². The first-order chi connectivity index (χ1) is 12.1. The summed E-state index contributed by atoms with van der Waals surface area (Å²) in [7, 11) is 0. The number of carbonyl (C=O) groups is 2. The normalized spacial score (nSPS) is 17.8. The second-order valence-corrected chi connectivity index (χ2v) is 7.60. The molecule has 2 amide bonds. The van der Waals surface area contributed by atoms with Crippen LogP contribution >= 0.6 is 23.4 Å². The minimum absolute atomic E-state index is 0.0928. The molecule has 0 spiro atoms. The quantitative estimate of drug-likeness (QED) is 0.791. The van der Waals surface area contributed by atoms with Crippen LogP contribution in [-0.4, -0.2) is 17.9 Å². The van der Waals surface area contributed by atoms with E-state index >= 15 is 0 Å². The average molecular weight is 371 g/mol. The lowest BCUT2D eigenvalue weighted by Gasteiger charge is -2.19. The molecule has 0 bridgehead atoms. The number of anilines is 1. The van der Waals surface area contributed by atoms with Gasteiger partial charge in [0.15, 0.2) is 0 Å². The Bertz CT molecular complexity index is 906. The topological polar surface area (TPSA) is 58.2 Å². The Morgan fingerprint density at radius 2 is 2.08 bits per heavy atom. The van der Waals surface area contributed by atoms with E-state index in [0.717, 1.165) is 23.3 Å². The summed E-state index contributed by atoms with van der Waals surface area (Å²) in [5.41, 5.74) is 2.10. The van der Waals surface area contributed by atoms with Crippen molar-refractivity contribution in [2.45, 2.75) is 23.8 Å².